The molecule has 0 aromatic heterocycles. The molecule has 0 fully saturated rings. The van der Waals surface area contributed by atoms with Gasteiger partial charge in [0.25, 0.3) is 0 Å². The van der Waals surface area contributed by atoms with Crippen LogP contribution in [-0.2, 0) is 4.79 Å². The van der Waals surface area contributed by atoms with Gasteiger partial charge < -0.3 is 5.11 Å². The summed E-state index contributed by atoms with van der Waals surface area (Å²) in [5, 5.41) is 8.53. The van der Waals surface area contributed by atoms with Crippen molar-refractivity contribution < 1.29 is 18.7 Å². The van der Waals surface area contributed by atoms with E-state index in [1.165, 1.54) is 0 Å². The molecular formula is C6H6F2O2. The number of carbonyl (C=O) groups is 1. The molecule has 0 spiro atoms. The second-order valence-corrected chi connectivity index (χ2v) is 2.13. The Labute approximate surface area is 56.2 Å². The SMILES string of the molecule is O=C1CCC(F)C(O)=C1F. The summed E-state index contributed by atoms with van der Waals surface area (Å²) in [5.41, 5.74) is 0. The number of ketones is 1. The number of hydrogen-bond acceptors (Lipinski definition) is 2. The van der Waals surface area contributed by atoms with E-state index in [0.717, 1.165) is 0 Å². The Hall–Kier alpha value is -0.930. The Morgan fingerprint density at radius 3 is 2.70 bits per heavy atom. The number of halogens is 2. The number of aliphatic hydroxyl groups is 1. The minimum atomic E-state index is -1.70. The molecule has 10 heavy (non-hydrogen) atoms. The molecule has 56 valence electrons. The smallest absolute Gasteiger partial charge is 0.206 e. The van der Waals surface area contributed by atoms with Crippen molar-refractivity contribution in [3.05, 3.63) is 11.6 Å². The van der Waals surface area contributed by atoms with Gasteiger partial charge in [0.05, 0.1) is 0 Å². The van der Waals surface area contributed by atoms with E-state index in [-0.39, 0.29) is 12.8 Å². The van der Waals surface area contributed by atoms with E-state index in [9.17, 15) is 13.6 Å². The van der Waals surface area contributed by atoms with Crippen LogP contribution in [0.4, 0.5) is 8.78 Å². The first-order valence-electron chi connectivity index (χ1n) is 2.89. The standard InChI is InChI=1S/C6H6F2O2/c7-3-1-2-4(9)5(8)6(3)10/h3,10H,1-2H2. The van der Waals surface area contributed by atoms with Gasteiger partial charge in [-0.3, -0.25) is 4.79 Å². The molecule has 0 radical (unpaired) electrons. The number of alkyl halides is 1. The Kier molecular flexibility index (Phi) is 1.70. The van der Waals surface area contributed by atoms with Gasteiger partial charge in [0, 0.05) is 6.42 Å². The molecule has 4 heteroatoms. The largest absolute Gasteiger partial charge is 0.506 e. The zero-order valence-corrected chi connectivity index (χ0v) is 5.10. The van der Waals surface area contributed by atoms with Gasteiger partial charge >= 0.3 is 0 Å². The molecule has 1 rings (SSSR count). The number of carbonyl (C=O) groups excluding carboxylic acids is 1. The van der Waals surface area contributed by atoms with Gasteiger partial charge in [-0.2, -0.15) is 4.39 Å². The van der Waals surface area contributed by atoms with Crippen molar-refractivity contribution in [1.82, 2.24) is 0 Å². The summed E-state index contributed by atoms with van der Waals surface area (Å²) >= 11 is 0. The molecule has 0 aliphatic heterocycles. The first-order valence-corrected chi connectivity index (χ1v) is 2.89. The molecule has 1 atom stereocenters. The van der Waals surface area contributed by atoms with Crippen molar-refractivity contribution >= 4 is 5.78 Å². The molecule has 0 saturated heterocycles. The van der Waals surface area contributed by atoms with Crippen molar-refractivity contribution in [1.29, 1.82) is 0 Å². The summed E-state index contributed by atoms with van der Waals surface area (Å²) in [4.78, 5) is 10.4. The van der Waals surface area contributed by atoms with E-state index in [2.05, 4.69) is 0 Å². The highest BCUT2D eigenvalue weighted by Gasteiger charge is 2.28. The summed E-state index contributed by atoms with van der Waals surface area (Å²) in [5.74, 6) is -3.18. The van der Waals surface area contributed by atoms with Crippen LogP contribution in [-0.4, -0.2) is 17.1 Å². The van der Waals surface area contributed by atoms with Crippen LogP contribution in [0.3, 0.4) is 0 Å². The molecule has 2 nitrogen and oxygen atoms in total. The molecule has 0 aromatic rings. The van der Waals surface area contributed by atoms with Gasteiger partial charge in [0.1, 0.15) is 0 Å². The second-order valence-electron chi connectivity index (χ2n) is 2.13. The fourth-order valence-electron chi connectivity index (χ4n) is 0.785. The topological polar surface area (TPSA) is 37.3 Å². The fourth-order valence-corrected chi connectivity index (χ4v) is 0.785. The van der Waals surface area contributed by atoms with Gasteiger partial charge in [-0.15, -0.1) is 0 Å². The number of allylic oxidation sites excluding steroid dienone is 2. The zero-order valence-electron chi connectivity index (χ0n) is 5.10. The van der Waals surface area contributed by atoms with Crippen molar-refractivity contribution in [2.24, 2.45) is 0 Å². The average Bonchev–Trinajstić information content (AvgIpc) is 1.93. The van der Waals surface area contributed by atoms with Gasteiger partial charge in [-0.05, 0) is 6.42 Å². The average molecular weight is 148 g/mol. The molecule has 0 aromatic carbocycles. The molecular weight excluding hydrogens is 142 g/mol. The maximum Gasteiger partial charge on any atom is 0.206 e. The molecule has 0 amide bonds. The predicted octanol–water partition coefficient (Wildman–Crippen LogP) is 1.43. The summed E-state index contributed by atoms with van der Waals surface area (Å²) in [7, 11) is 0. The van der Waals surface area contributed by atoms with Crippen LogP contribution in [0.1, 0.15) is 12.8 Å². The van der Waals surface area contributed by atoms with Crippen LogP contribution < -0.4 is 0 Å². The highest BCUT2D eigenvalue weighted by Crippen LogP contribution is 2.23. The minimum absolute atomic E-state index is 0.113. The van der Waals surface area contributed by atoms with Gasteiger partial charge in [0.15, 0.2) is 17.7 Å². The molecule has 1 N–H and O–H groups in total. The van der Waals surface area contributed by atoms with Crippen LogP contribution in [0.2, 0.25) is 0 Å². The lowest BCUT2D eigenvalue weighted by Gasteiger charge is -2.12. The lowest BCUT2D eigenvalue weighted by Crippen LogP contribution is -2.18. The van der Waals surface area contributed by atoms with E-state index in [0.29, 0.717) is 0 Å². The van der Waals surface area contributed by atoms with Crippen molar-refractivity contribution in [3.63, 3.8) is 0 Å². The van der Waals surface area contributed by atoms with Crippen LogP contribution in [0.15, 0.2) is 11.6 Å². The summed E-state index contributed by atoms with van der Waals surface area (Å²) < 4.78 is 24.6. The first-order chi connectivity index (χ1) is 4.63. The molecule has 1 unspecified atom stereocenters. The lowest BCUT2D eigenvalue weighted by molar-refractivity contribution is -0.118. The molecule has 0 bridgehead atoms. The summed E-state index contributed by atoms with van der Waals surface area (Å²) in [6.07, 6.45) is -1.97. The number of aliphatic hydroxyl groups excluding tert-OH is 1. The van der Waals surface area contributed by atoms with Crippen LogP contribution >= 0.6 is 0 Å². The predicted molar refractivity (Wildman–Crippen MR) is 29.9 cm³/mol. The quantitative estimate of drug-likeness (QED) is 0.564. The Morgan fingerprint density at radius 1 is 1.60 bits per heavy atom. The molecule has 0 saturated carbocycles. The van der Waals surface area contributed by atoms with Crippen LogP contribution in [0.5, 0.6) is 0 Å². The first kappa shape index (κ1) is 7.18. The third-order valence-corrected chi connectivity index (χ3v) is 1.39. The van der Waals surface area contributed by atoms with E-state index >= 15 is 0 Å². The number of Topliss-reactive ketones (excluding diaryl/α,β-unsaturated/α-hetero) is 1. The lowest BCUT2D eigenvalue weighted by atomic mass is 10.0. The molecule has 1 aliphatic rings. The highest BCUT2D eigenvalue weighted by molar-refractivity contribution is 5.94. The minimum Gasteiger partial charge on any atom is -0.506 e. The number of hydrogen-bond donors (Lipinski definition) is 1. The maximum absolute atomic E-state index is 12.3. The van der Waals surface area contributed by atoms with Crippen LogP contribution in [0, 0.1) is 0 Å². The van der Waals surface area contributed by atoms with Gasteiger partial charge in [0.2, 0.25) is 5.83 Å². The highest BCUT2D eigenvalue weighted by atomic mass is 19.1. The number of rotatable bonds is 0. The summed E-state index contributed by atoms with van der Waals surface area (Å²) in [6, 6.07) is 0. The van der Waals surface area contributed by atoms with Gasteiger partial charge in [-0.1, -0.05) is 0 Å². The zero-order chi connectivity index (χ0) is 7.72. The van der Waals surface area contributed by atoms with Crippen LogP contribution in [0.25, 0.3) is 0 Å². The Bertz CT molecular complexity index is 198. The third-order valence-electron chi connectivity index (χ3n) is 1.39. The fraction of sp³-hybridized carbons (Fsp3) is 0.500. The van der Waals surface area contributed by atoms with E-state index in [1.54, 1.807) is 0 Å². The third kappa shape index (κ3) is 1.01. The van der Waals surface area contributed by atoms with E-state index in [1.807, 2.05) is 0 Å². The Morgan fingerprint density at radius 2 is 2.20 bits per heavy atom. The van der Waals surface area contributed by atoms with Crippen molar-refractivity contribution in [3.8, 4) is 0 Å². The van der Waals surface area contributed by atoms with Crippen molar-refractivity contribution in [2.45, 2.75) is 19.0 Å². The normalized spacial score (nSPS) is 27.4. The monoisotopic (exact) mass is 148 g/mol. The van der Waals surface area contributed by atoms with Crippen molar-refractivity contribution in [2.75, 3.05) is 0 Å². The maximum atomic E-state index is 12.3. The van der Waals surface area contributed by atoms with E-state index < -0.39 is 23.5 Å². The second kappa shape index (κ2) is 2.36. The molecule has 1 aliphatic carbocycles. The van der Waals surface area contributed by atoms with Gasteiger partial charge in [-0.25, -0.2) is 4.39 Å². The van der Waals surface area contributed by atoms with E-state index in [4.69, 9.17) is 5.11 Å². The summed E-state index contributed by atoms with van der Waals surface area (Å²) in [6.45, 7) is 0. The Balaban J connectivity index is 2.92. The molecule has 0 heterocycles.